The van der Waals surface area contributed by atoms with E-state index in [0.29, 0.717) is 0 Å². The van der Waals surface area contributed by atoms with Crippen LogP contribution in [0.2, 0.25) is 5.02 Å². The summed E-state index contributed by atoms with van der Waals surface area (Å²) in [7, 11) is 0. The van der Waals surface area contributed by atoms with Crippen molar-refractivity contribution in [1.82, 2.24) is 19.7 Å². The number of aryl methyl sites for hydroxylation is 1. The third kappa shape index (κ3) is 4.04. The largest absolute Gasteiger partial charge is 0.270 e. The minimum absolute atomic E-state index is 0.742. The standard InChI is InChI=1S/C21H17ClN4S/c1-15-3-2-4-19(13-15)26-20(17-9-11-23-12-10-17)24-25-21(26)27-14-16-5-7-18(22)8-6-16/h2-13H,14H2,1H3. The van der Waals surface area contributed by atoms with Gasteiger partial charge in [0.15, 0.2) is 11.0 Å². The van der Waals surface area contributed by atoms with E-state index in [1.807, 2.05) is 36.4 Å². The van der Waals surface area contributed by atoms with Crippen molar-refractivity contribution in [3.63, 3.8) is 0 Å². The van der Waals surface area contributed by atoms with Crippen molar-refractivity contribution < 1.29 is 0 Å². The molecule has 0 spiro atoms. The van der Waals surface area contributed by atoms with Crippen LogP contribution in [0.1, 0.15) is 11.1 Å². The Bertz CT molecular complexity index is 1050. The van der Waals surface area contributed by atoms with Crippen molar-refractivity contribution in [3.05, 3.63) is 89.2 Å². The van der Waals surface area contributed by atoms with Crippen LogP contribution >= 0.6 is 23.4 Å². The van der Waals surface area contributed by atoms with Crippen molar-refractivity contribution in [2.24, 2.45) is 0 Å². The predicted octanol–water partition coefficient (Wildman–Crippen LogP) is 5.58. The molecule has 4 rings (SSSR count). The van der Waals surface area contributed by atoms with E-state index < -0.39 is 0 Å². The summed E-state index contributed by atoms with van der Waals surface area (Å²) < 4.78 is 2.10. The maximum Gasteiger partial charge on any atom is 0.196 e. The van der Waals surface area contributed by atoms with Crippen LogP contribution < -0.4 is 0 Å². The Kier molecular flexibility index (Phi) is 5.23. The van der Waals surface area contributed by atoms with Gasteiger partial charge in [0.2, 0.25) is 0 Å². The van der Waals surface area contributed by atoms with E-state index in [9.17, 15) is 0 Å². The van der Waals surface area contributed by atoms with Crippen LogP contribution in [0.3, 0.4) is 0 Å². The summed E-state index contributed by atoms with van der Waals surface area (Å²) in [5.41, 5.74) is 4.41. The molecule has 0 radical (unpaired) electrons. The van der Waals surface area contributed by atoms with Gasteiger partial charge in [-0.1, -0.05) is 47.6 Å². The summed E-state index contributed by atoms with van der Waals surface area (Å²) in [4.78, 5) is 4.10. The molecule has 0 atom stereocenters. The molecular formula is C21H17ClN4S. The lowest BCUT2D eigenvalue weighted by atomic mass is 10.2. The summed E-state index contributed by atoms with van der Waals surface area (Å²) in [6.45, 7) is 2.08. The average molecular weight is 393 g/mol. The molecule has 4 nitrogen and oxygen atoms in total. The first kappa shape index (κ1) is 17.8. The van der Waals surface area contributed by atoms with Gasteiger partial charge in [0.25, 0.3) is 0 Å². The second-order valence-electron chi connectivity index (χ2n) is 6.13. The minimum atomic E-state index is 0.742. The first-order valence-electron chi connectivity index (χ1n) is 8.51. The molecule has 6 heteroatoms. The number of nitrogens with zero attached hydrogens (tertiary/aromatic N) is 4. The molecule has 2 heterocycles. The van der Waals surface area contributed by atoms with Gasteiger partial charge in [-0.25, -0.2) is 0 Å². The number of thioether (sulfide) groups is 1. The molecule has 0 bridgehead atoms. The lowest BCUT2D eigenvalue weighted by Crippen LogP contribution is -2.00. The van der Waals surface area contributed by atoms with Gasteiger partial charge < -0.3 is 0 Å². The zero-order valence-corrected chi connectivity index (χ0v) is 16.3. The Balaban J connectivity index is 1.73. The van der Waals surface area contributed by atoms with Crippen LogP contribution in [0.5, 0.6) is 0 Å². The monoisotopic (exact) mass is 392 g/mol. The summed E-state index contributed by atoms with van der Waals surface area (Å²) in [5, 5.41) is 10.5. The molecule has 2 aromatic carbocycles. The Morgan fingerprint density at radius 3 is 2.48 bits per heavy atom. The first-order chi connectivity index (χ1) is 13.2. The zero-order chi connectivity index (χ0) is 18.6. The van der Waals surface area contributed by atoms with Gasteiger partial charge in [0.1, 0.15) is 0 Å². The third-order valence-corrected chi connectivity index (χ3v) is 5.36. The van der Waals surface area contributed by atoms with Crippen LogP contribution in [-0.4, -0.2) is 19.7 Å². The van der Waals surface area contributed by atoms with E-state index in [-0.39, 0.29) is 0 Å². The highest BCUT2D eigenvalue weighted by molar-refractivity contribution is 7.98. The molecule has 0 saturated heterocycles. The fourth-order valence-electron chi connectivity index (χ4n) is 2.78. The van der Waals surface area contributed by atoms with E-state index in [2.05, 4.69) is 50.9 Å². The second-order valence-corrected chi connectivity index (χ2v) is 7.51. The predicted molar refractivity (Wildman–Crippen MR) is 110 cm³/mol. The van der Waals surface area contributed by atoms with Gasteiger partial charge in [0, 0.05) is 34.4 Å². The SMILES string of the molecule is Cc1cccc(-n2c(SCc3ccc(Cl)cc3)nnc2-c2ccncc2)c1. The molecule has 0 saturated carbocycles. The lowest BCUT2D eigenvalue weighted by molar-refractivity contribution is 0.885. The summed E-state index contributed by atoms with van der Waals surface area (Å²) >= 11 is 7.63. The molecule has 0 fully saturated rings. The van der Waals surface area contributed by atoms with Crippen molar-refractivity contribution in [2.45, 2.75) is 17.8 Å². The topological polar surface area (TPSA) is 43.6 Å². The smallest absolute Gasteiger partial charge is 0.196 e. The van der Waals surface area contributed by atoms with E-state index in [1.54, 1.807) is 24.2 Å². The minimum Gasteiger partial charge on any atom is -0.270 e. The van der Waals surface area contributed by atoms with E-state index in [4.69, 9.17) is 11.6 Å². The van der Waals surface area contributed by atoms with E-state index in [1.165, 1.54) is 11.1 Å². The first-order valence-corrected chi connectivity index (χ1v) is 9.87. The number of hydrogen-bond donors (Lipinski definition) is 0. The van der Waals surface area contributed by atoms with Crippen molar-refractivity contribution in [2.75, 3.05) is 0 Å². The Morgan fingerprint density at radius 2 is 1.74 bits per heavy atom. The summed E-state index contributed by atoms with van der Waals surface area (Å²) in [5.74, 6) is 1.60. The second kappa shape index (κ2) is 7.94. The quantitative estimate of drug-likeness (QED) is 0.415. The fourth-order valence-corrected chi connectivity index (χ4v) is 3.81. The van der Waals surface area contributed by atoms with Crippen LogP contribution in [0, 0.1) is 6.92 Å². The summed E-state index contributed by atoms with van der Waals surface area (Å²) in [6, 6.07) is 20.1. The van der Waals surface area contributed by atoms with Crippen LogP contribution in [0.15, 0.2) is 78.2 Å². The molecule has 0 amide bonds. The number of aromatic nitrogens is 4. The van der Waals surface area contributed by atoms with Crippen LogP contribution in [0.25, 0.3) is 17.1 Å². The van der Waals surface area contributed by atoms with Crippen LogP contribution in [0.4, 0.5) is 0 Å². The molecule has 2 aromatic heterocycles. The number of hydrogen-bond acceptors (Lipinski definition) is 4. The number of rotatable bonds is 5. The highest BCUT2D eigenvalue weighted by Gasteiger charge is 2.16. The van der Waals surface area contributed by atoms with E-state index in [0.717, 1.165) is 33.0 Å². The number of pyridine rings is 1. The molecule has 27 heavy (non-hydrogen) atoms. The van der Waals surface area contributed by atoms with Crippen molar-refractivity contribution in [1.29, 1.82) is 0 Å². The molecule has 0 aliphatic heterocycles. The Morgan fingerprint density at radius 1 is 0.963 bits per heavy atom. The van der Waals surface area contributed by atoms with Crippen molar-refractivity contribution in [3.8, 4) is 17.1 Å². The number of benzene rings is 2. The van der Waals surface area contributed by atoms with Gasteiger partial charge in [-0.2, -0.15) is 0 Å². The maximum atomic E-state index is 5.98. The van der Waals surface area contributed by atoms with Crippen LogP contribution in [-0.2, 0) is 5.75 Å². The van der Waals surface area contributed by atoms with Gasteiger partial charge in [-0.3, -0.25) is 9.55 Å². The highest BCUT2D eigenvalue weighted by Crippen LogP contribution is 2.30. The molecule has 134 valence electrons. The fraction of sp³-hybridized carbons (Fsp3) is 0.0952. The Labute approximate surface area is 167 Å². The van der Waals surface area contributed by atoms with Gasteiger partial charge in [-0.15, -0.1) is 10.2 Å². The van der Waals surface area contributed by atoms with Gasteiger partial charge in [0.05, 0.1) is 0 Å². The molecule has 0 aliphatic carbocycles. The van der Waals surface area contributed by atoms with Gasteiger partial charge >= 0.3 is 0 Å². The molecule has 0 aliphatic rings. The highest BCUT2D eigenvalue weighted by atomic mass is 35.5. The van der Waals surface area contributed by atoms with E-state index >= 15 is 0 Å². The zero-order valence-electron chi connectivity index (χ0n) is 14.7. The maximum absolute atomic E-state index is 5.98. The van der Waals surface area contributed by atoms with Crippen molar-refractivity contribution >= 4 is 23.4 Å². The molecule has 4 aromatic rings. The summed E-state index contributed by atoms with van der Waals surface area (Å²) in [6.07, 6.45) is 3.54. The number of halogens is 1. The molecule has 0 N–H and O–H groups in total. The Hall–Kier alpha value is -2.63. The molecule has 0 unspecified atom stereocenters. The normalized spacial score (nSPS) is 10.9. The lowest BCUT2D eigenvalue weighted by Gasteiger charge is -2.11. The van der Waals surface area contributed by atoms with Gasteiger partial charge in [-0.05, 0) is 54.4 Å². The molecular weight excluding hydrogens is 376 g/mol. The third-order valence-electron chi connectivity index (χ3n) is 4.11. The average Bonchev–Trinajstić information content (AvgIpc) is 3.12.